The summed E-state index contributed by atoms with van der Waals surface area (Å²) in [6.45, 7) is 1.03. The predicted molar refractivity (Wildman–Crippen MR) is 146 cm³/mol. The zero-order chi connectivity index (χ0) is 26.3. The number of oxazole rings is 1. The molecule has 2 aromatic heterocycles. The maximum atomic E-state index is 11.5. The fourth-order valence-corrected chi connectivity index (χ4v) is 4.88. The van der Waals surface area contributed by atoms with Crippen LogP contribution in [0.1, 0.15) is 41.4 Å². The lowest BCUT2D eigenvalue weighted by atomic mass is 10.1. The van der Waals surface area contributed by atoms with Gasteiger partial charge in [0.2, 0.25) is 5.89 Å². The van der Waals surface area contributed by atoms with E-state index in [2.05, 4.69) is 22.1 Å². The standard InChI is InChI=1S/C27H27Cl2N3O4S/c1-37(33,34)19-26-30-13-15-32(26)14-3-2-4-20-5-10-24(11-6-20)35-17-23-18-36-27(31-23)12-8-21-7-9-22(28)16-25(21)29/h5-13,15-16,18H,2-4,14,17,19H2,1H3/b12-8+. The van der Waals surface area contributed by atoms with Crippen molar-refractivity contribution in [3.05, 3.63) is 99.7 Å². The molecule has 7 nitrogen and oxygen atoms in total. The lowest BCUT2D eigenvalue weighted by Crippen LogP contribution is -2.09. The lowest BCUT2D eigenvalue weighted by Gasteiger charge is -2.08. The Morgan fingerprint density at radius 2 is 1.89 bits per heavy atom. The highest BCUT2D eigenvalue weighted by atomic mass is 35.5. The van der Waals surface area contributed by atoms with Gasteiger partial charge in [-0.1, -0.05) is 41.4 Å². The molecule has 0 fully saturated rings. The van der Waals surface area contributed by atoms with Crippen molar-refractivity contribution >= 4 is 45.2 Å². The van der Waals surface area contributed by atoms with E-state index in [9.17, 15) is 8.42 Å². The number of benzene rings is 2. The van der Waals surface area contributed by atoms with E-state index in [1.54, 1.807) is 30.7 Å². The molecule has 0 N–H and O–H groups in total. The van der Waals surface area contributed by atoms with Crippen LogP contribution in [0.15, 0.2) is 65.5 Å². The van der Waals surface area contributed by atoms with E-state index < -0.39 is 9.84 Å². The largest absolute Gasteiger partial charge is 0.487 e. The first-order valence-electron chi connectivity index (χ1n) is 11.7. The van der Waals surface area contributed by atoms with Crippen LogP contribution >= 0.6 is 23.2 Å². The molecule has 0 unspecified atom stereocenters. The van der Waals surface area contributed by atoms with Crippen LogP contribution in [-0.4, -0.2) is 29.2 Å². The average molecular weight is 561 g/mol. The van der Waals surface area contributed by atoms with Crippen LogP contribution in [-0.2, 0) is 35.2 Å². The molecule has 0 saturated heterocycles. The van der Waals surface area contributed by atoms with Gasteiger partial charge < -0.3 is 13.7 Å². The van der Waals surface area contributed by atoms with Gasteiger partial charge in [-0.2, -0.15) is 0 Å². The molecular weight excluding hydrogens is 533 g/mol. The molecule has 2 aromatic carbocycles. The molecule has 0 bridgehead atoms. The van der Waals surface area contributed by atoms with Gasteiger partial charge in [0.25, 0.3) is 0 Å². The minimum atomic E-state index is -3.10. The van der Waals surface area contributed by atoms with Crippen LogP contribution in [0.3, 0.4) is 0 Å². The molecule has 0 spiro atoms. The molecule has 2 heterocycles. The number of hydrogen-bond acceptors (Lipinski definition) is 6. The van der Waals surface area contributed by atoms with Crippen molar-refractivity contribution in [3.63, 3.8) is 0 Å². The van der Waals surface area contributed by atoms with E-state index in [-0.39, 0.29) is 5.75 Å². The van der Waals surface area contributed by atoms with Crippen molar-refractivity contribution in [2.75, 3.05) is 6.26 Å². The molecule has 0 aliphatic heterocycles. The zero-order valence-corrected chi connectivity index (χ0v) is 22.6. The fraction of sp³-hybridized carbons (Fsp3) is 0.259. The second kappa shape index (κ2) is 12.4. The van der Waals surface area contributed by atoms with E-state index in [0.717, 1.165) is 37.1 Å². The second-order valence-corrected chi connectivity index (χ2v) is 11.7. The van der Waals surface area contributed by atoms with Gasteiger partial charge >= 0.3 is 0 Å². The van der Waals surface area contributed by atoms with Gasteiger partial charge in [0.15, 0.2) is 9.84 Å². The van der Waals surface area contributed by atoms with E-state index in [0.29, 0.717) is 34.1 Å². The van der Waals surface area contributed by atoms with E-state index in [1.165, 1.54) is 11.8 Å². The third kappa shape index (κ3) is 8.49. The van der Waals surface area contributed by atoms with E-state index in [4.69, 9.17) is 32.4 Å². The maximum Gasteiger partial charge on any atom is 0.218 e. The Morgan fingerprint density at radius 1 is 1.08 bits per heavy atom. The van der Waals surface area contributed by atoms with Crippen LogP contribution in [0.25, 0.3) is 12.2 Å². The summed E-state index contributed by atoms with van der Waals surface area (Å²) in [6.07, 6.45) is 12.7. The number of aryl methyl sites for hydroxylation is 2. The molecule has 194 valence electrons. The number of unbranched alkanes of at least 4 members (excludes halogenated alkanes) is 1. The average Bonchev–Trinajstić information content (AvgIpc) is 3.49. The molecule has 0 atom stereocenters. The first-order valence-corrected chi connectivity index (χ1v) is 14.5. The normalized spacial score (nSPS) is 11.9. The van der Waals surface area contributed by atoms with Crippen molar-refractivity contribution in [1.29, 1.82) is 0 Å². The maximum absolute atomic E-state index is 11.5. The van der Waals surface area contributed by atoms with Crippen molar-refractivity contribution < 1.29 is 17.6 Å². The Bertz CT molecular complexity index is 1460. The monoisotopic (exact) mass is 559 g/mol. The quantitative estimate of drug-likeness (QED) is 0.184. The van der Waals surface area contributed by atoms with Crippen molar-refractivity contribution in [1.82, 2.24) is 14.5 Å². The first kappa shape index (κ1) is 27.0. The summed E-state index contributed by atoms with van der Waals surface area (Å²) in [5, 5.41) is 1.14. The number of hydrogen-bond donors (Lipinski definition) is 0. The molecule has 10 heteroatoms. The number of imidazole rings is 1. The van der Waals surface area contributed by atoms with Gasteiger partial charge in [0, 0.05) is 41.3 Å². The Labute approximate surface area is 226 Å². The number of sulfone groups is 1. The molecule has 0 aliphatic carbocycles. The molecule has 0 amide bonds. The molecular formula is C27H27Cl2N3O4S. The Hall–Kier alpha value is -3.07. The SMILES string of the molecule is CS(=O)(=O)Cc1nccn1CCCCc1ccc(OCc2coc(/C=C/c3ccc(Cl)cc3Cl)n2)cc1. The molecule has 4 rings (SSSR count). The molecule has 0 saturated carbocycles. The third-order valence-electron chi connectivity index (χ3n) is 5.56. The fourth-order valence-electron chi connectivity index (χ4n) is 3.70. The zero-order valence-electron chi connectivity index (χ0n) is 20.3. The van der Waals surface area contributed by atoms with Crippen molar-refractivity contribution in [2.45, 2.75) is 38.2 Å². The second-order valence-electron chi connectivity index (χ2n) is 8.67. The summed E-state index contributed by atoms with van der Waals surface area (Å²) >= 11 is 12.1. The number of nitrogens with zero attached hydrogens (tertiary/aromatic N) is 3. The predicted octanol–water partition coefficient (Wildman–Crippen LogP) is 6.49. The number of halogens is 2. The van der Waals surface area contributed by atoms with Gasteiger partial charge in [-0.3, -0.25) is 0 Å². The van der Waals surface area contributed by atoms with E-state index in [1.807, 2.05) is 35.0 Å². The van der Waals surface area contributed by atoms with Gasteiger partial charge in [-0.25, -0.2) is 18.4 Å². The van der Waals surface area contributed by atoms with Crippen LogP contribution < -0.4 is 4.74 Å². The highest BCUT2D eigenvalue weighted by Crippen LogP contribution is 2.23. The van der Waals surface area contributed by atoms with Crippen LogP contribution in [0.4, 0.5) is 0 Å². The number of ether oxygens (including phenoxy) is 1. The Balaban J connectivity index is 1.20. The topological polar surface area (TPSA) is 87.2 Å². The van der Waals surface area contributed by atoms with Gasteiger partial charge in [-0.05, 0) is 60.7 Å². The van der Waals surface area contributed by atoms with Crippen molar-refractivity contribution in [3.8, 4) is 5.75 Å². The highest BCUT2D eigenvalue weighted by Gasteiger charge is 2.10. The summed E-state index contributed by atoms with van der Waals surface area (Å²) in [7, 11) is -3.10. The van der Waals surface area contributed by atoms with Crippen molar-refractivity contribution in [2.24, 2.45) is 0 Å². The van der Waals surface area contributed by atoms with Crippen LogP contribution in [0.2, 0.25) is 10.0 Å². The Morgan fingerprint density at radius 3 is 2.65 bits per heavy atom. The smallest absolute Gasteiger partial charge is 0.218 e. The lowest BCUT2D eigenvalue weighted by molar-refractivity contribution is 0.301. The minimum Gasteiger partial charge on any atom is -0.487 e. The summed E-state index contributed by atoms with van der Waals surface area (Å²) < 4.78 is 36.3. The summed E-state index contributed by atoms with van der Waals surface area (Å²) in [4.78, 5) is 8.58. The molecule has 4 aromatic rings. The third-order valence-corrected chi connectivity index (χ3v) is 6.90. The van der Waals surface area contributed by atoms with E-state index >= 15 is 0 Å². The summed E-state index contributed by atoms with van der Waals surface area (Å²) in [5.41, 5.74) is 2.71. The van der Waals surface area contributed by atoms with Crippen LogP contribution in [0, 0.1) is 0 Å². The molecule has 37 heavy (non-hydrogen) atoms. The highest BCUT2D eigenvalue weighted by molar-refractivity contribution is 7.89. The Kier molecular flexibility index (Phi) is 9.08. The number of aromatic nitrogens is 3. The van der Waals surface area contributed by atoms with Gasteiger partial charge in [0.05, 0.1) is 0 Å². The first-order chi connectivity index (χ1) is 17.7. The van der Waals surface area contributed by atoms with Gasteiger partial charge in [-0.15, -0.1) is 0 Å². The summed E-state index contributed by atoms with van der Waals surface area (Å²) in [6, 6.07) is 13.3. The molecule has 0 radical (unpaired) electrons. The summed E-state index contributed by atoms with van der Waals surface area (Å²) in [5.74, 6) is 1.76. The molecule has 0 aliphatic rings. The van der Waals surface area contributed by atoms with Gasteiger partial charge in [0.1, 0.15) is 35.9 Å². The minimum absolute atomic E-state index is 0.0356. The van der Waals surface area contributed by atoms with Crippen LogP contribution in [0.5, 0.6) is 5.75 Å². The number of rotatable bonds is 12.